The fourth-order valence-electron chi connectivity index (χ4n) is 9.74. The molecule has 0 N–H and O–H groups in total. The molecule has 280 valence electrons. The molecule has 4 bridgehead atoms. The summed E-state index contributed by atoms with van der Waals surface area (Å²) in [5, 5.41) is 0. The van der Waals surface area contributed by atoms with E-state index in [2.05, 4.69) is 24.3 Å². The number of benzene rings is 2. The third-order valence-electron chi connectivity index (χ3n) is 12.2. The fraction of sp³-hybridized carbons (Fsp3) is 0.700. The van der Waals surface area contributed by atoms with E-state index in [9.17, 15) is 0 Å². The predicted molar refractivity (Wildman–Crippen MR) is 182 cm³/mol. The zero-order valence-electron chi connectivity index (χ0n) is 29.6. The summed E-state index contributed by atoms with van der Waals surface area (Å²) < 4.78 is 72.8. The minimum absolute atomic E-state index is 0.113. The lowest BCUT2D eigenvalue weighted by molar-refractivity contribution is -0.0323. The predicted octanol–water partition coefficient (Wildman–Crippen LogP) is 4.14. The summed E-state index contributed by atoms with van der Waals surface area (Å²) in [5.41, 5.74) is 1.95. The second kappa shape index (κ2) is 12.8. The van der Waals surface area contributed by atoms with Gasteiger partial charge < -0.3 is 56.8 Å². The molecule has 4 aliphatic carbocycles. The van der Waals surface area contributed by atoms with Crippen LogP contribution in [0, 0.1) is 11.8 Å². The molecule has 12 heteroatoms. The van der Waals surface area contributed by atoms with Crippen LogP contribution in [0.2, 0.25) is 0 Å². The molecule has 4 saturated carbocycles. The molecule has 12 nitrogen and oxygen atoms in total. The van der Waals surface area contributed by atoms with Crippen molar-refractivity contribution in [2.24, 2.45) is 11.8 Å². The van der Waals surface area contributed by atoms with Crippen LogP contribution in [0.3, 0.4) is 0 Å². The van der Waals surface area contributed by atoms with Gasteiger partial charge in [0, 0.05) is 46.2 Å². The van der Waals surface area contributed by atoms with E-state index in [0.29, 0.717) is 51.5 Å². The lowest BCUT2D eigenvalue weighted by Gasteiger charge is -2.63. The molecule has 52 heavy (non-hydrogen) atoms. The van der Waals surface area contributed by atoms with E-state index >= 15 is 0 Å². The number of epoxide rings is 6. The molecule has 6 aliphatic heterocycles. The Labute approximate surface area is 303 Å². The van der Waals surface area contributed by atoms with E-state index in [-0.39, 0.29) is 47.5 Å². The Morgan fingerprint density at radius 1 is 0.423 bits per heavy atom. The van der Waals surface area contributed by atoms with Gasteiger partial charge in [0.2, 0.25) is 0 Å². The summed E-state index contributed by atoms with van der Waals surface area (Å²) >= 11 is 0. The standard InChI is InChI=1S/C40H48O12/c1-23-6-39(37-33(49-18-29-14-45-29)2-25(41-10-27-12-43-27)3-34(37)50-19-30-15-46-30)7-24(1)9-40(8-23,22-39)38-35(51-20-31-16-47-31)4-26(42-11-28-13-44-28)5-36(38)52-21-32-17-48-32/h2-5,23-24,27-32H,1,6-22H2. The van der Waals surface area contributed by atoms with E-state index < -0.39 is 0 Å². The molecule has 12 rings (SSSR count). The summed E-state index contributed by atoms with van der Waals surface area (Å²) in [7, 11) is 0. The fourth-order valence-corrected chi connectivity index (χ4v) is 9.74. The lowest BCUT2D eigenvalue weighted by atomic mass is 9.41. The van der Waals surface area contributed by atoms with E-state index in [4.69, 9.17) is 56.8 Å². The normalized spacial score (nSPS) is 38.0. The lowest BCUT2D eigenvalue weighted by Crippen LogP contribution is -2.56. The molecule has 0 radical (unpaired) electrons. The highest BCUT2D eigenvalue weighted by Gasteiger charge is 2.61. The summed E-state index contributed by atoms with van der Waals surface area (Å²) in [6, 6.07) is 8.32. The molecular formula is C40H48O12. The zero-order valence-corrected chi connectivity index (χ0v) is 29.6. The molecule has 6 unspecified atom stereocenters. The second-order valence-corrected chi connectivity index (χ2v) is 16.7. The van der Waals surface area contributed by atoms with Crippen LogP contribution in [0.5, 0.6) is 34.5 Å². The molecule has 0 spiro atoms. The highest BCUT2D eigenvalue weighted by Crippen LogP contribution is 2.70. The van der Waals surface area contributed by atoms with Crippen molar-refractivity contribution in [3.63, 3.8) is 0 Å². The summed E-state index contributed by atoms with van der Waals surface area (Å²) in [6.45, 7) is 7.36. The number of ether oxygens (including phenoxy) is 12. The third-order valence-corrected chi connectivity index (χ3v) is 12.2. The van der Waals surface area contributed by atoms with Gasteiger partial charge in [-0.2, -0.15) is 0 Å². The van der Waals surface area contributed by atoms with Gasteiger partial charge in [-0.15, -0.1) is 0 Å². The maximum atomic E-state index is 6.72. The molecule has 2 aromatic rings. The third kappa shape index (κ3) is 7.02. The average molecular weight is 721 g/mol. The van der Waals surface area contributed by atoms with Crippen molar-refractivity contribution in [1.82, 2.24) is 0 Å². The van der Waals surface area contributed by atoms with Crippen molar-refractivity contribution in [1.29, 1.82) is 0 Å². The summed E-state index contributed by atoms with van der Waals surface area (Å²) in [4.78, 5) is 0. The molecule has 6 heterocycles. The maximum Gasteiger partial charge on any atom is 0.130 e. The van der Waals surface area contributed by atoms with Gasteiger partial charge in [0.1, 0.15) is 111 Å². The van der Waals surface area contributed by atoms with E-state index in [1.165, 1.54) is 6.42 Å². The molecule has 6 saturated heterocycles. The molecule has 2 aromatic carbocycles. The van der Waals surface area contributed by atoms with E-state index in [1.807, 2.05) is 0 Å². The Hall–Kier alpha value is -3.00. The Morgan fingerprint density at radius 3 is 0.962 bits per heavy atom. The van der Waals surface area contributed by atoms with Crippen LogP contribution < -0.4 is 28.4 Å². The van der Waals surface area contributed by atoms with Gasteiger partial charge in [-0.05, 0) is 50.4 Å². The second-order valence-electron chi connectivity index (χ2n) is 16.7. The van der Waals surface area contributed by atoms with Crippen LogP contribution in [0.4, 0.5) is 0 Å². The largest absolute Gasteiger partial charge is 0.491 e. The minimum atomic E-state index is -0.187. The highest BCUT2D eigenvalue weighted by molar-refractivity contribution is 5.60. The van der Waals surface area contributed by atoms with Crippen molar-refractivity contribution < 1.29 is 56.8 Å². The molecular weight excluding hydrogens is 672 g/mol. The van der Waals surface area contributed by atoms with Gasteiger partial charge in [-0.1, -0.05) is 0 Å². The molecule has 0 aromatic heterocycles. The van der Waals surface area contributed by atoms with Crippen molar-refractivity contribution in [3.8, 4) is 34.5 Å². The topological polar surface area (TPSA) is 131 Å². The van der Waals surface area contributed by atoms with Crippen LogP contribution in [0.25, 0.3) is 0 Å². The smallest absolute Gasteiger partial charge is 0.130 e. The average Bonchev–Trinajstić information content (AvgIpc) is 3.94. The van der Waals surface area contributed by atoms with Gasteiger partial charge in [0.25, 0.3) is 0 Å². The molecule has 0 amide bonds. The number of rotatable bonds is 20. The molecule has 6 atom stereocenters. The number of hydrogen-bond acceptors (Lipinski definition) is 12. The zero-order chi connectivity index (χ0) is 34.3. The first-order valence-corrected chi connectivity index (χ1v) is 19.4. The first-order chi connectivity index (χ1) is 25.5. The first kappa shape index (κ1) is 32.4. The van der Waals surface area contributed by atoms with Gasteiger partial charge in [0.15, 0.2) is 0 Å². The van der Waals surface area contributed by atoms with Crippen molar-refractivity contribution >= 4 is 0 Å². The Morgan fingerprint density at radius 2 is 0.692 bits per heavy atom. The van der Waals surface area contributed by atoms with Crippen LogP contribution >= 0.6 is 0 Å². The van der Waals surface area contributed by atoms with Crippen LogP contribution in [0.1, 0.15) is 49.7 Å². The van der Waals surface area contributed by atoms with Gasteiger partial charge in [-0.3, -0.25) is 0 Å². The van der Waals surface area contributed by atoms with E-state index in [0.717, 1.165) is 117 Å². The van der Waals surface area contributed by atoms with Crippen LogP contribution in [0.15, 0.2) is 24.3 Å². The van der Waals surface area contributed by atoms with Gasteiger partial charge >= 0.3 is 0 Å². The van der Waals surface area contributed by atoms with Gasteiger partial charge in [0.05, 0.1) is 39.6 Å². The Balaban J connectivity index is 1.00. The van der Waals surface area contributed by atoms with Crippen LogP contribution in [-0.2, 0) is 39.3 Å². The van der Waals surface area contributed by atoms with Crippen LogP contribution in [-0.4, -0.2) is 116 Å². The quantitative estimate of drug-likeness (QED) is 0.182. The maximum absolute atomic E-state index is 6.72. The Bertz CT molecular complexity index is 1450. The summed E-state index contributed by atoms with van der Waals surface area (Å²) in [5.74, 6) is 5.89. The van der Waals surface area contributed by atoms with Gasteiger partial charge in [-0.25, -0.2) is 0 Å². The minimum Gasteiger partial charge on any atom is -0.491 e. The monoisotopic (exact) mass is 720 g/mol. The summed E-state index contributed by atoms with van der Waals surface area (Å²) in [6.07, 6.45) is 7.20. The van der Waals surface area contributed by atoms with Crippen molar-refractivity contribution in [2.75, 3.05) is 79.3 Å². The van der Waals surface area contributed by atoms with Crippen molar-refractivity contribution in [2.45, 2.75) is 86.0 Å². The highest BCUT2D eigenvalue weighted by atomic mass is 16.6. The molecule has 10 fully saturated rings. The van der Waals surface area contributed by atoms with Crippen molar-refractivity contribution in [3.05, 3.63) is 35.4 Å². The first-order valence-electron chi connectivity index (χ1n) is 19.4. The number of hydrogen-bond donors (Lipinski definition) is 0. The van der Waals surface area contributed by atoms with E-state index in [1.54, 1.807) is 0 Å². The molecule has 10 aliphatic rings. The Kier molecular flexibility index (Phi) is 7.99. The SMILES string of the molecule is c1c(OCC2CO2)cc(OCC2CO2)c(C23CC4CC(C2)CC(c2c(OCC5CO5)cc(OCC5CO5)cc2OCC2CO2)(C4)C3)c1OCC1CO1.